The Bertz CT molecular complexity index is 730. The number of carbonyl (C=O) groups excluding carboxylic acids is 2. The van der Waals surface area contributed by atoms with Gasteiger partial charge in [-0.1, -0.05) is 18.5 Å². The topological polar surface area (TPSA) is 53.1 Å². The molecule has 7 heteroatoms. The van der Waals surface area contributed by atoms with Gasteiger partial charge in [0.25, 0.3) is 0 Å². The van der Waals surface area contributed by atoms with Crippen molar-refractivity contribution in [1.82, 2.24) is 14.7 Å². The highest BCUT2D eigenvalue weighted by atomic mass is 35.5. The van der Waals surface area contributed by atoms with E-state index in [2.05, 4.69) is 16.7 Å². The molecular formula is C23H34ClN3O3. The number of hydrogen-bond acceptors (Lipinski definition) is 4. The Morgan fingerprint density at radius 1 is 1.10 bits per heavy atom. The van der Waals surface area contributed by atoms with Crippen LogP contribution in [0, 0.1) is 5.41 Å². The molecule has 3 heterocycles. The van der Waals surface area contributed by atoms with Crippen LogP contribution in [0.5, 0.6) is 0 Å². The smallest absolute Gasteiger partial charge is 0.409 e. The Balaban J connectivity index is 1.35. The average Bonchev–Trinajstić information content (AvgIpc) is 3.54. The van der Waals surface area contributed by atoms with Crippen LogP contribution in [-0.4, -0.2) is 71.6 Å². The zero-order valence-corrected chi connectivity index (χ0v) is 19.0. The third kappa shape index (κ3) is 3.77. The van der Waals surface area contributed by atoms with Crippen LogP contribution in [-0.2, 0) is 9.53 Å². The van der Waals surface area contributed by atoms with E-state index in [9.17, 15) is 9.59 Å². The average molecular weight is 436 g/mol. The number of halogens is 1. The number of hydrogen-bond donors (Lipinski definition) is 0. The standard InChI is InChI=1S/C23H34ClN3O3/c1-3-20-19(5-12-24)23(10-11-23)21(28)27(20)18-8-13-25(14-9-18)17-6-15-26(16-7-17)22(29)30-4-2/h5,12,17-18H,3-4,6-11,13-16H2,1-2H3/b12-5+. The molecule has 0 radical (unpaired) electrons. The molecule has 2 saturated heterocycles. The van der Waals surface area contributed by atoms with Crippen molar-refractivity contribution in [3.63, 3.8) is 0 Å². The lowest BCUT2D eigenvalue weighted by atomic mass is 9.96. The van der Waals surface area contributed by atoms with Gasteiger partial charge in [0.15, 0.2) is 0 Å². The minimum atomic E-state index is -0.270. The van der Waals surface area contributed by atoms with Crippen molar-refractivity contribution in [3.8, 4) is 0 Å². The molecule has 4 aliphatic rings. The van der Waals surface area contributed by atoms with E-state index in [4.69, 9.17) is 16.3 Å². The van der Waals surface area contributed by atoms with E-state index in [0.29, 0.717) is 24.6 Å². The fraction of sp³-hybridized carbons (Fsp3) is 0.739. The Labute approximate surface area is 184 Å². The third-order valence-corrected chi connectivity index (χ3v) is 7.56. The SMILES string of the molecule is CCOC(=O)N1CCC(N2CCC(N3C(=O)C4(CC4)C(/C=C/Cl)=C3CC)CC2)CC1. The van der Waals surface area contributed by atoms with Crippen molar-refractivity contribution in [2.45, 2.75) is 70.9 Å². The van der Waals surface area contributed by atoms with E-state index in [1.54, 1.807) is 5.54 Å². The summed E-state index contributed by atoms with van der Waals surface area (Å²) in [5.41, 5.74) is 3.65. The van der Waals surface area contributed by atoms with Gasteiger partial charge in [-0.05, 0) is 63.5 Å². The molecule has 0 aromatic rings. The van der Waals surface area contributed by atoms with E-state index < -0.39 is 0 Å². The van der Waals surface area contributed by atoms with Crippen LogP contribution in [0.25, 0.3) is 0 Å². The first-order chi connectivity index (χ1) is 14.6. The highest BCUT2D eigenvalue weighted by Crippen LogP contribution is 2.60. The van der Waals surface area contributed by atoms with Gasteiger partial charge in [0.1, 0.15) is 0 Å². The third-order valence-electron chi connectivity index (χ3n) is 7.43. The van der Waals surface area contributed by atoms with Crippen LogP contribution in [0.3, 0.4) is 0 Å². The number of amides is 2. The van der Waals surface area contributed by atoms with Gasteiger partial charge in [-0.15, -0.1) is 0 Å². The predicted molar refractivity (Wildman–Crippen MR) is 117 cm³/mol. The molecule has 3 aliphatic heterocycles. The number of rotatable bonds is 5. The Morgan fingerprint density at radius 2 is 1.73 bits per heavy atom. The van der Waals surface area contributed by atoms with Gasteiger partial charge in [0, 0.05) is 49.5 Å². The molecule has 0 bridgehead atoms. The van der Waals surface area contributed by atoms with Gasteiger partial charge in [-0.25, -0.2) is 4.79 Å². The first-order valence-electron chi connectivity index (χ1n) is 11.6. The molecule has 1 saturated carbocycles. The normalized spacial score (nSPS) is 25.8. The number of likely N-dealkylation sites (tertiary alicyclic amines) is 2. The van der Waals surface area contributed by atoms with Crippen LogP contribution < -0.4 is 0 Å². The predicted octanol–water partition coefficient (Wildman–Crippen LogP) is 4.11. The van der Waals surface area contributed by atoms with Crippen molar-refractivity contribution in [2.24, 2.45) is 5.41 Å². The fourth-order valence-corrected chi connectivity index (χ4v) is 5.81. The van der Waals surface area contributed by atoms with E-state index >= 15 is 0 Å². The lowest BCUT2D eigenvalue weighted by Gasteiger charge is -2.43. The molecule has 0 aromatic carbocycles. The van der Waals surface area contributed by atoms with Crippen LogP contribution in [0.15, 0.2) is 22.9 Å². The summed E-state index contributed by atoms with van der Waals surface area (Å²) < 4.78 is 5.13. The molecule has 4 rings (SSSR count). The zero-order chi connectivity index (χ0) is 21.3. The van der Waals surface area contributed by atoms with Crippen LogP contribution in [0.2, 0.25) is 0 Å². The highest BCUT2D eigenvalue weighted by Gasteiger charge is 2.60. The fourth-order valence-electron chi connectivity index (χ4n) is 5.69. The monoisotopic (exact) mass is 435 g/mol. The maximum atomic E-state index is 13.3. The second kappa shape index (κ2) is 8.91. The van der Waals surface area contributed by atoms with Crippen molar-refractivity contribution < 1.29 is 14.3 Å². The molecule has 0 aromatic heterocycles. The van der Waals surface area contributed by atoms with Crippen LogP contribution in [0.1, 0.15) is 58.8 Å². The minimum Gasteiger partial charge on any atom is -0.450 e. The molecule has 0 N–H and O–H groups in total. The van der Waals surface area contributed by atoms with E-state index in [0.717, 1.165) is 71.1 Å². The molecule has 0 unspecified atom stereocenters. The Kier molecular flexibility index (Phi) is 6.44. The van der Waals surface area contributed by atoms with Gasteiger partial charge in [0.05, 0.1) is 12.0 Å². The molecule has 1 spiro atoms. The second-order valence-corrected chi connectivity index (χ2v) is 9.20. The summed E-state index contributed by atoms with van der Waals surface area (Å²) in [6.45, 7) is 8.00. The number of piperidine rings is 2. The van der Waals surface area contributed by atoms with Gasteiger partial charge >= 0.3 is 6.09 Å². The first kappa shape index (κ1) is 21.7. The molecule has 1 aliphatic carbocycles. The molecule has 3 fully saturated rings. The van der Waals surface area contributed by atoms with E-state index in [-0.39, 0.29) is 11.5 Å². The zero-order valence-electron chi connectivity index (χ0n) is 18.2. The minimum absolute atomic E-state index is 0.183. The van der Waals surface area contributed by atoms with E-state index in [1.807, 2.05) is 17.9 Å². The lowest BCUT2D eigenvalue weighted by Crippen LogP contribution is -2.52. The molecular weight excluding hydrogens is 402 g/mol. The molecule has 2 amide bonds. The summed E-state index contributed by atoms with van der Waals surface area (Å²) in [5.74, 6) is 0.310. The van der Waals surface area contributed by atoms with Gasteiger partial charge in [-0.2, -0.15) is 0 Å². The maximum Gasteiger partial charge on any atom is 0.409 e. The summed E-state index contributed by atoms with van der Waals surface area (Å²) in [6, 6.07) is 0.818. The molecule has 166 valence electrons. The summed E-state index contributed by atoms with van der Waals surface area (Å²) in [5, 5.41) is 0. The molecule has 30 heavy (non-hydrogen) atoms. The van der Waals surface area contributed by atoms with Crippen molar-refractivity contribution in [3.05, 3.63) is 22.9 Å². The summed E-state index contributed by atoms with van der Waals surface area (Å²) in [4.78, 5) is 31.8. The van der Waals surface area contributed by atoms with Gasteiger partial charge in [-0.3, -0.25) is 4.79 Å². The van der Waals surface area contributed by atoms with Crippen molar-refractivity contribution in [2.75, 3.05) is 32.8 Å². The maximum absolute atomic E-state index is 13.3. The molecule has 6 nitrogen and oxygen atoms in total. The number of ether oxygens (including phenoxy) is 1. The van der Waals surface area contributed by atoms with Crippen molar-refractivity contribution >= 4 is 23.6 Å². The number of nitrogens with zero attached hydrogens (tertiary/aromatic N) is 3. The Morgan fingerprint density at radius 3 is 2.27 bits per heavy atom. The molecule has 0 atom stereocenters. The summed E-state index contributed by atoms with van der Waals surface area (Å²) in [7, 11) is 0. The van der Waals surface area contributed by atoms with E-state index in [1.165, 1.54) is 11.3 Å². The number of allylic oxidation sites excluding steroid dienone is 2. The summed E-state index contributed by atoms with van der Waals surface area (Å²) in [6.07, 6.45) is 8.59. The second-order valence-electron chi connectivity index (χ2n) is 8.95. The summed E-state index contributed by atoms with van der Waals surface area (Å²) >= 11 is 5.91. The first-order valence-corrected chi connectivity index (χ1v) is 12.0. The quantitative estimate of drug-likeness (QED) is 0.652. The number of carbonyl (C=O) groups is 2. The highest BCUT2D eigenvalue weighted by molar-refractivity contribution is 6.25. The largest absolute Gasteiger partial charge is 0.450 e. The van der Waals surface area contributed by atoms with Crippen LogP contribution in [0.4, 0.5) is 4.79 Å². The lowest BCUT2D eigenvalue weighted by molar-refractivity contribution is -0.134. The Hall–Kier alpha value is -1.53. The van der Waals surface area contributed by atoms with Crippen molar-refractivity contribution in [1.29, 1.82) is 0 Å². The van der Waals surface area contributed by atoms with Gasteiger partial charge in [0.2, 0.25) is 5.91 Å². The van der Waals surface area contributed by atoms with Crippen LogP contribution >= 0.6 is 11.6 Å². The van der Waals surface area contributed by atoms with Gasteiger partial charge < -0.3 is 19.4 Å².